The van der Waals surface area contributed by atoms with Crippen LogP contribution in [0.4, 0.5) is 0 Å². The highest BCUT2D eigenvalue weighted by molar-refractivity contribution is 6.03. The highest BCUT2D eigenvalue weighted by Crippen LogP contribution is 2.25. The van der Waals surface area contributed by atoms with Crippen LogP contribution in [0.2, 0.25) is 0 Å². The van der Waals surface area contributed by atoms with Crippen molar-refractivity contribution in [3.63, 3.8) is 0 Å². The molecule has 0 saturated heterocycles. The number of hydrogen-bond acceptors (Lipinski definition) is 3. The summed E-state index contributed by atoms with van der Waals surface area (Å²) in [6.45, 7) is 0.580. The molecule has 0 unspecified atom stereocenters. The maximum Gasteiger partial charge on any atom is 0.254 e. The number of rotatable bonds is 1. The third-order valence-corrected chi connectivity index (χ3v) is 2.61. The van der Waals surface area contributed by atoms with Gasteiger partial charge in [0.25, 0.3) is 5.91 Å². The SMILES string of the molecule is O=C1NCc2ccnc(-c3ccccn3)c21. The van der Waals surface area contributed by atoms with Gasteiger partial charge in [-0.2, -0.15) is 0 Å². The number of amides is 1. The first kappa shape index (κ1) is 9.03. The summed E-state index contributed by atoms with van der Waals surface area (Å²) in [5.41, 5.74) is 3.03. The van der Waals surface area contributed by atoms with Crippen molar-refractivity contribution in [2.75, 3.05) is 0 Å². The van der Waals surface area contributed by atoms with E-state index in [9.17, 15) is 4.79 Å². The first-order valence-electron chi connectivity index (χ1n) is 5.04. The third kappa shape index (κ3) is 1.27. The summed E-state index contributed by atoms with van der Waals surface area (Å²) in [7, 11) is 0. The lowest BCUT2D eigenvalue weighted by atomic mass is 10.1. The number of hydrogen-bond donors (Lipinski definition) is 1. The van der Waals surface area contributed by atoms with Crippen LogP contribution >= 0.6 is 0 Å². The molecule has 78 valence electrons. The fourth-order valence-electron chi connectivity index (χ4n) is 1.86. The van der Waals surface area contributed by atoms with E-state index >= 15 is 0 Å². The molecule has 3 heterocycles. The molecule has 3 rings (SSSR count). The van der Waals surface area contributed by atoms with E-state index in [1.165, 1.54) is 0 Å². The second-order valence-electron chi connectivity index (χ2n) is 3.59. The van der Waals surface area contributed by atoms with Gasteiger partial charge in [-0.1, -0.05) is 6.07 Å². The highest BCUT2D eigenvalue weighted by Gasteiger charge is 2.24. The van der Waals surface area contributed by atoms with Crippen LogP contribution in [0.3, 0.4) is 0 Å². The number of aromatic nitrogens is 2. The zero-order valence-corrected chi connectivity index (χ0v) is 8.47. The van der Waals surface area contributed by atoms with Crippen LogP contribution in [0.15, 0.2) is 36.7 Å². The molecule has 1 amide bonds. The summed E-state index contributed by atoms with van der Waals surface area (Å²) < 4.78 is 0. The molecule has 4 heteroatoms. The van der Waals surface area contributed by atoms with Gasteiger partial charge >= 0.3 is 0 Å². The van der Waals surface area contributed by atoms with Gasteiger partial charge < -0.3 is 5.32 Å². The second kappa shape index (κ2) is 3.41. The van der Waals surface area contributed by atoms with Crippen molar-refractivity contribution in [1.82, 2.24) is 15.3 Å². The van der Waals surface area contributed by atoms with E-state index in [2.05, 4.69) is 15.3 Å². The van der Waals surface area contributed by atoms with Gasteiger partial charge in [-0.05, 0) is 23.8 Å². The second-order valence-corrected chi connectivity index (χ2v) is 3.59. The van der Waals surface area contributed by atoms with Crippen molar-refractivity contribution in [1.29, 1.82) is 0 Å². The van der Waals surface area contributed by atoms with E-state index in [0.717, 1.165) is 11.3 Å². The number of nitrogens with one attached hydrogen (secondary N) is 1. The van der Waals surface area contributed by atoms with E-state index in [1.54, 1.807) is 12.4 Å². The van der Waals surface area contributed by atoms with E-state index in [4.69, 9.17) is 0 Å². The van der Waals surface area contributed by atoms with Crippen molar-refractivity contribution in [3.05, 3.63) is 47.8 Å². The largest absolute Gasteiger partial charge is 0.348 e. The molecule has 0 aromatic carbocycles. The minimum atomic E-state index is -0.0660. The minimum absolute atomic E-state index is 0.0660. The first-order valence-corrected chi connectivity index (χ1v) is 5.04. The topological polar surface area (TPSA) is 54.9 Å². The van der Waals surface area contributed by atoms with Gasteiger partial charge in [0, 0.05) is 18.9 Å². The molecular weight excluding hydrogens is 202 g/mol. The smallest absolute Gasteiger partial charge is 0.254 e. The number of fused-ring (bicyclic) bond motifs is 1. The van der Waals surface area contributed by atoms with Gasteiger partial charge in [0.05, 0.1) is 11.3 Å². The Balaban J connectivity index is 2.23. The third-order valence-electron chi connectivity index (χ3n) is 2.61. The molecule has 0 spiro atoms. The summed E-state index contributed by atoms with van der Waals surface area (Å²) in [6.07, 6.45) is 3.41. The zero-order chi connectivity index (χ0) is 11.0. The summed E-state index contributed by atoms with van der Waals surface area (Å²) >= 11 is 0. The molecule has 0 fully saturated rings. The van der Waals surface area contributed by atoms with Gasteiger partial charge in [0.2, 0.25) is 0 Å². The Morgan fingerprint density at radius 1 is 1.12 bits per heavy atom. The van der Waals surface area contributed by atoms with Crippen LogP contribution in [0.5, 0.6) is 0 Å². The Bertz CT molecular complexity index is 551. The number of carbonyl (C=O) groups excluding carboxylic acids is 1. The average molecular weight is 211 g/mol. The monoisotopic (exact) mass is 211 g/mol. The van der Waals surface area contributed by atoms with Crippen molar-refractivity contribution < 1.29 is 4.79 Å². The predicted octanol–water partition coefficient (Wildman–Crippen LogP) is 1.39. The summed E-state index contributed by atoms with van der Waals surface area (Å²) in [5, 5.41) is 2.79. The molecule has 1 aliphatic heterocycles. The van der Waals surface area contributed by atoms with Crippen LogP contribution in [-0.4, -0.2) is 15.9 Å². The normalized spacial score (nSPS) is 13.4. The van der Waals surface area contributed by atoms with Crippen LogP contribution in [0, 0.1) is 0 Å². The van der Waals surface area contributed by atoms with Gasteiger partial charge in [-0.3, -0.25) is 14.8 Å². The first-order chi connectivity index (χ1) is 7.86. The molecule has 1 N–H and O–H groups in total. The molecule has 4 nitrogen and oxygen atoms in total. The van der Waals surface area contributed by atoms with E-state index in [0.29, 0.717) is 17.8 Å². The maximum absolute atomic E-state index is 11.7. The molecular formula is C12H9N3O. The molecule has 2 aromatic heterocycles. The molecule has 0 radical (unpaired) electrons. The molecule has 0 bridgehead atoms. The Morgan fingerprint density at radius 3 is 2.88 bits per heavy atom. The fraction of sp³-hybridized carbons (Fsp3) is 0.0833. The van der Waals surface area contributed by atoms with Crippen LogP contribution in [0.25, 0.3) is 11.4 Å². The van der Waals surface area contributed by atoms with Crippen molar-refractivity contribution in [2.45, 2.75) is 6.54 Å². The van der Waals surface area contributed by atoms with Gasteiger partial charge in [0.1, 0.15) is 5.69 Å². The maximum atomic E-state index is 11.7. The van der Waals surface area contributed by atoms with Gasteiger partial charge in [-0.15, -0.1) is 0 Å². The van der Waals surface area contributed by atoms with Crippen molar-refractivity contribution in [3.8, 4) is 11.4 Å². The highest BCUT2D eigenvalue weighted by atomic mass is 16.1. The zero-order valence-electron chi connectivity index (χ0n) is 8.47. The summed E-state index contributed by atoms with van der Waals surface area (Å²) in [6, 6.07) is 7.44. The van der Waals surface area contributed by atoms with E-state index < -0.39 is 0 Å². The standard InChI is InChI=1S/C12H9N3O/c16-12-10-8(7-15-12)4-6-14-11(10)9-3-1-2-5-13-9/h1-6H,7H2,(H,15,16). The minimum Gasteiger partial charge on any atom is -0.348 e. The fourth-order valence-corrected chi connectivity index (χ4v) is 1.86. The van der Waals surface area contributed by atoms with Crippen LogP contribution < -0.4 is 5.32 Å². The molecule has 16 heavy (non-hydrogen) atoms. The Labute approximate surface area is 92.4 Å². The Morgan fingerprint density at radius 2 is 2.06 bits per heavy atom. The summed E-state index contributed by atoms with van der Waals surface area (Å²) in [4.78, 5) is 20.1. The van der Waals surface area contributed by atoms with Gasteiger partial charge in [0.15, 0.2) is 0 Å². The van der Waals surface area contributed by atoms with E-state index in [1.807, 2.05) is 24.3 Å². The molecule has 0 atom stereocenters. The predicted molar refractivity (Wildman–Crippen MR) is 58.6 cm³/mol. The van der Waals surface area contributed by atoms with Crippen molar-refractivity contribution >= 4 is 5.91 Å². The lowest BCUT2D eigenvalue weighted by Crippen LogP contribution is -2.13. The summed E-state index contributed by atoms with van der Waals surface area (Å²) in [5.74, 6) is -0.0660. The average Bonchev–Trinajstić information content (AvgIpc) is 2.73. The Kier molecular flexibility index (Phi) is 1.93. The van der Waals surface area contributed by atoms with Crippen LogP contribution in [-0.2, 0) is 6.54 Å². The quantitative estimate of drug-likeness (QED) is 0.775. The van der Waals surface area contributed by atoms with E-state index in [-0.39, 0.29) is 5.91 Å². The Hall–Kier alpha value is -2.23. The lowest BCUT2D eigenvalue weighted by Gasteiger charge is -2.03. The van der Waals surface area contributed by atoms with Gasteiger partial charge in [-0.25, -0.2) is 0 Å². The van der Waals surface area contributed by atoms with Crippen LogP contribution in [0.1, 0.15) is 15.9 Å². The van der Waals surface area contributed by atoms with Crippen molar-refractivity contribution in [2.24, 2.45) is 0 Å². The molecule has 0 saturated carbocycles. The molecule has 1 aliphatic rings. The lowest BCUT2D eigenvalue weighted by molar-refractivity contribution is 0.0966. The molecule has 2 aromatic rings. The number of nitrogens with zero attached hydrogens (tertiary/aromatic N) is 2. The molecule has 0 aliphatic carbocycles. The number of pyridine rings is 2. The number of carbonyl (C=O) groups is 1.